The van der Waals surface area contributed by atoms with Crippen LogP contribution in [-0.4, -0.2) is 44.8 Å². The molecule has 1 fully saturated rings. The summed E-state index contributed by atoms with van der Waals surface area (Å²) in [6.07, 6.45) is 4.75. The molecule has 0 saturated carbocycles. The summed E-state index contributed by atoms with van der Waals surface area (Å²) < 4.78 is 2.17. The number of carbonyl (C=O) groups is 1. The smallest absolute Gasteiger partial charge is 0.321 e. The van der Waals surface area contributed by atoms with E-state index in [4.69, 9.17) is 4.98 Å². The van der Waals surface area contributed by atoms with Crippen molar-refractivity contribution in [1.82, 2.24) is 19.4 Å². The van der Waals surface area contributed by atoms with Crippen LogP contribution in [0.3, 0.4) is 0 Å². The Morgan fingerprint density at radius 2 is 2.22 bits per heavy atom. The molecule has 1 aliphatic heterocycles. The largest absolute Gasteiger partial charge is 0.324 e. The third-order valence-electron chi connectivity index (χ3n) is 5.01. The quantitative estimate of drug-likeness (QED) is 0.688. The third-order valence-corrected chi connectivity index (χ3v) is 5.74. The van der Waals surface area contributed by atoms with Crippen molar-refractivity contribution in [3.8, 4) is 0 Å². The molecule has 4 rings (SSSR count). The molecule has 1 N–H and O–H groups in total. The van der Waals surface area contributed by atoms with E-state index in [1.165, 1.54) is 0 Å². The SMILES string of the molecule is CCn1c(C2CCN(C(=O)Nc3cccc(SC)c3)C2)nc2cccnc21. The molecular formula is C20H23N5OS. The molecule has 2 aromatic heterocycles. The Kier molecular flexibility index (Phi) is 5.03. The predicted octanol–water partition coefficient (Wildman–Crippen LogP) is 4.19. The number of amides is 2. The Labute approximate surface area is 163 Å². The molecule has 27 heavy (non-hydrogen) atoms. The van der Waals surface area contributed by atoms with E-state index in [2.05, 4.69) is 21.8 Å². The van der Waals surface area contributed by atoms with Gasteiger partial charge in [-0.3, -0.25) is 0 Å². The molecule has 1 aliphatic rings. The summed E-state index contributed by atoms with van der Waals surface area (Å²) in [6, 6.07) is 11.8. The lowest BCUT2D eigenvalue weighted by atomic mass is 10.1. The fraction of sp³-hybridized carbons (Fsp3) is 0.350. The standard InChI is InChI=1S/C20H23N5OS/c1-3-25-18(23-17-8-5-10-21-19(17)25)14-9-11-24(13-14)20(26)22-15-6-4-7-16(12-15)27-2/h4-8,10,12,14H,3,9,11,13H2,1-2H3,(H,22,26). The van der Waals surface area contributed by atoms with Gasteiger partial charge >= 0.3 is 6.03 Å². The van der Waals surface area contributed by atoms with Crippen LogP contribution in [0.5, 0.6) is 0 Å². The summed E-state index contributed by atoms with van der Waals surface area (Å²) in [5, 5.41) is 3.02. The number of hydrogen-bond acceptors (Lipinski definition) is 4. The maximum atomic E-state index is 12.7. The molecule has 6 nitrogen and oxygen atoms in total. The highest BCUT2D eigenvalue weighted by molar-refractivity contribution is 7.98. The molecule has 0 aliphatic carbocycles. The van der Waals surface area contributed by atoms with E-state index >= 15 is 0 Å². The summed E-state index contributed by atoms with van der Waals surface area (Å²) in [5.41, 5.74) is 2.68. The number of aromatic nitrogens is 3. The van der Waals surface area contributed by atoms with Gasteiger partial charge in [0.25, 0.3) is 0 Å². The van der Waals surface area contributed by atoms with Gasteiger partial charge in [0, 0.05) is 42.3 Å². The summed E-state index contributed by atoms with van der Waals surface area (Å²) in [4.78, 5) is 25.0. The van der Waals surface area contributed by atoms with Crippen LogP contribution in [-0.2, 0) is 6.54 Å². The first kappa shape index (κ1) is 17.9. The van der Waals surface area contributed by atoms with Gasteiger partial charge in [-0.25, -0.2) is 14.8 Å². The van der Waals surface area contributed by atoms with Crippen LogP contribution in [0, 0.1) is 0 Å². The van der Waals surface area contributed by atoms with Crippen molar-refractivity contribution in [2.45, 2.75) is 30.7 Å². The average molecular weight is 382 g/mol. The zero-order valence-corrected chi connectivity index (χ0v) is 16.4. The van der Waals surface area contributed by atoms with Crippen molar-refractivity contribution in [2.75, 3.05) is 24.7 Å². The minimum atomic E-state index is -0.0481. The fourth-order valence-electron chi connectivity index (χ4n) is 3.66. The van der Waals surface area contributed by atoms with Crippen molar-refractivity contribution in [2.24, 2.45) is 0 Å². The maximum absolute atomic E-state index is 12.7. The molecule has 0 radical (unpaired) electrons. The summed E-state index contributed by atoms with van der Waals surface area (Å²) >= 11 is 1.66. The maximum Gasteiger partial charge on any atom is 0.321 e. The van der Waals surface area contributed by atoms with Gasteiger partial charge in [-0.15, -0.1) is 11.8 Å². The molecular weight excluding hydrogens is 358 g/mol. The first-order valence-electron chi connectivity index (χ1n) is 9.20. The number of nitrogens with one attached hydrogen (secondary N) is 1. The highest BCUT2D eigenvalue weighted by atomic mass is 32.2. The van der Waals surface area contributed by atoms with Gasteiger partial charge in [-0.1, -0.05) is 6.07 Å². The topological polar surface area (TPSA) is 63.1 Å². The van der Waals surface area contributed by atoms with Crippen LogP contribution < -0.4 is 5.32 Å². The number of pyridine rings is 1. The highest BCUT2D eigenvalue weighted by Gasteiger charge is 2.31. The van der Waals surface area contributed by atoms with Crippen LogP contribution >= 0.6 is 11.8 Å². The number of hydrogen-bond donors (Lipinski definition) is 1. The van der Waals surface area contributed by atoms with E-state index in [0.29, 0.717) is 6.54 Å². The van der Waals surface area contributed by atoms with Gasteiger partial charge in [0.05, 0.1) is 0 Å². The summed E-state index contributed by atoms with van der Waals surface area (Å²) in [6.45, 7) is 4.35. The highest BCUT2D eigenvalue weighted by Crippen LogP contribution is 2.29. The van der Waals surface area contributed by atoms with Crippen LogP contribution in [0.1, 0.15) is 25.1 Å². The molecule has 0 spiro atoms. The van der Waals surface area contributed by atoms with Crippen LogP contribution in [0.2, 0.25) is 0 Å². The van der Waals surface area contributed by atoms with Crippen molar-refractivity contribution >= 4 is 34.6 Å². The number of imidazole rings is 1. The lowest BCUT2D eigenvalue weighted by molar-refractivity contribution is 0.222. The number of anilines is 1. The molecule has 140 valence electrons. The second-order valence-electron chi connectivity index (χ2n) is 6.65. The van der Waals surface area contributed by atoms with Gasteiger partial charge in [0.2, 0.25) is 0 Å². The van der Waals surface area contributed by atoms with E-state index in [-0.39, 0.29) is 11.9 Å². The zero-order valence-electron chi connectivity index (χ0n) is 15.6. The second-order valence-corrected chi connectivity index (χ2v) is 7.53. The van der Waals surface area contributed by atoms with Crippen molar-refractivity contribution in [1.29, 1.82) is 0 Å². The van der Waals surface area contributed by atoms with Gasteiger partial charge in [-0.2, -0.15) is 0 Å². The monoisotopic (exact) mass is 381 g/mol. The van der Waals surface area contributed by atoms with E-state index in [1.807, 2.05) is 47.6 Å². The second kappa shape index (κ2) is 7.60. The Morgan fingerprint density at radius 1 is 1.33 bits per heavy atom. The van der Waals surface area contributed by atoms with Crippen LogP contribution in [0.15, 0.2) is 47.5 Å². The molecule has 2 amide bonds. The van der Waals surface area contributed by atoms with Crippen LogP contribution in [0.25, 0.3) is 11.2 Å². The molecule has 7 heteroatoms. The molecule has 1 saturated heterocycles. The molecule has 3 aromatic rings. The van der Waals surface area contributed by atoms with Gasteiger partial charge in [-0.05, 0) is 49.9 Å². The number of aryl methyl sites for hydroxylation is 1. The number of benzene rings is 1. The molecule has 1 atom stereocenters. The minimum absolute atomic E-state index is 0.0481. The van der Waals surface area contributed by atoms with Crippen molar-refractivity contribution in [3.63, 3.8) is 0 Å². The average Bonchev–Trinajstić information content (AvgIpc) is 3.32. The Morgan fingerprint density at radius 3 is 3.04 bits per heavy atom. The van der Waals surface area contributed by atoms with E-state index < -0.39 is 0 Å². The van der Waals surface area contributed by atoms with Crippen molar-refractivity contribution in [3.05, 3.63) is 48.4 Å². The minimum Gasteiger partial charge on any atom is -0.324 e. The number of urea groups is 1. The first-order valence-corrected chi connectivity index (χ1v) is 10.4. The summed E-state index contributed by atoms with van der Waals surface area (Å²) in [7, 11) is 0. The molecule has 1 unspecified atom stereocenters. The lowest BCUT2D eigenvalue weighted by Gasteiger charge is -2.18. The van der Waals surface area contributed by atoms with Gasteiger partial charge in [0.15, 0.2) is 5.65 Å². The number of carbonyl (C=O) groups excluding carboxylic acids is 1. The Balaban J connectivity index is 1.49. The molecule has 3 heterocycles. The fourth-order valence-corrected chi connectivity index (χ4v) is 4.12. The molecule has 1 aromatic carbocycles. The molecule has 0 bridgehead atoms. The number of rotatable bonds is 4. The first-order chi connectivity index (χ1) is 13.2. The number of nitrogens with zero attached hydrogens (tertiary/aromatic N) is 4. The summed E-state index contributed by atoms with van der Waals surface area (Å²) in [5.74, 6) is 1.27. The number of fused-ring (bicyclic) bond motifs is 1. The third kappa shape index (κ3) is 3.51. The van der Waals surface area contributed by atoms with Gasteiger partial charge in [0.1, 0.15) is 11.3 Å². The van der Waals surface area contributed by atoms with Crippen molar-refractivity contribution < 1.29 is 4.79 Å². The predicted molar refractivity (Wildman–Crippen MR) is 109 cm³/mol. The zero-order chi connectivity index (χ0) is 18.8. The van der Waals surface area contributed by atoms with E-state index in [1.54, 1.807) is 18.0 Å². The van der Waals surface area contributed by atoms with E-state index in [9.17, 15) is 4.79 Å². The van der Waals surface area contributed by atoms with Crippen LogP contribution in [0.4, 0.5) is 10.5 Å². The van der Waals surface area contributed by atoms with E-state index in [0.717, 1.165) is 47.1 Å². The number of thioether (sulfide) groups is 1. The number of likely N-dealkylation sites (tertiary alicyclic amines) is 1. The van der Waals surface area contributed by atoms with Gasteiger partial charge < -0.3 is 14.8 Å². The normalized spacial score (nSPS) is 16.8. The lowest BCUT2D eigenvalue weighted by Crippen LogP contribution is -2.33. The Hall–Kier alpha value is -2.54. The Bertz CT molecular complexity index is 970.